The smallest absolute Gasteiger partial charge is 0.0189 e. The number of aryl methyl sites for hydroxylation is 1. The van der Waals surface area contributed by atoms with E-state index in [0.717, 1.165) is 21.8 Å². The van der Waals surface area contributed by atoms with Crippen LogP contribution in [0.1, 0.15) is 12.0 Å². The number of rotatable bonds is 2. The summed E-state index contributed by atoms with van der Waals surface area (Å²) in [7, 11) is 0. The normalized spacial score (nSPS) is 10.1. The van der Waals surface area contributed by atoms with E-state index in [1.54, 1.807) is 0 Å². The van der Waals surface area contributed by atoms with Crippen molar-refractivity contribution in [1.29, 1.82) is 0 Å². The fourth-order valence-corrected chi connectivity index (χ4v) is 2.35. The van der Waals surface area contributed by atoms with E-state index in [9.17, 15) is 0 Å². The molecule has 1 radical (unpaired) electrons. The van der Waals surface area contributed by atoms with Gasteiger partial charge in [-0.25, -0.2) is 0 Å². The molecular weight excluding hydrogens is 268 g/mol. The average molecular weight is 277 g/mol. The van der Waals surface area contributed by atoms with E-state index >= 15 is 0 Å². The van der Waals surface area contributed by atoms with Gasteiger partial charge in [0.25, 0.3) is 0 Å². The van der Waals surface area contributed by atoms with Gasteiger partial charge < -0.3 is 0 Å². The second-order valence-electron chi connectivity index (χ2n) is 2.38. The van der Waals surface area contributed by atoms with Crippen LogP contribution in [0, 0.1) is 6.92 Å². The molecule has 0 nitrogen and oxygen atoms in total. The van der Waals surface area contributed by atoms with Crippen molar-refractivity contribution in [2.45, 2.75) is 12.8 Å². The Bertz CT molecular complexity index is 223. The summed E-state index contributed by atoms with van der Waals surface area (Å²) in [5.74, 6) is 0. The van der Waals surface area contributed by atoms with Crippen LogP contribution in [0.25, 0.3) is 0 Å². The van der Waals surface area contributed by atoms with E-state index in [-0.39, 0.29) is 0 Å². The van der Waals surface area contributed by atoms with Gasteiger partial charge in [-0.15, -0.1) is 0 Å². The van der Waals surface area contributed by atoms with Gasteiger partial charge in [0.15, 0.2) is 0 Å². The number of hydrogen-bond donors (Lipinski definition) is 0. The van der Waals surface area contributed by atoms with Crippen molar-refractivity contribution in [2.24, 2.45) is 0 Å². The summed E-state index contributed by atoms with van der Waals surface area (Å²) in [6, 6.07) is 6.28. The predicted octanol–water partition coefficient (Wildman–Crippen LogP) is 3.98. The Morgan fingerprint density at radius 1 is 1.09 bits per heavy atom. The quantitative estimate of drug-likeness (QED) is 0.767. The third-order valence-corrected chi connectivity index (χ3v) is 2.30. The molecule has 59 valence electrons. The lowest BCUT2D eigenvalue weighted by atomic mass is 10.1. The molecule has 1 aromatic rings. The Morgan fingerprint density at radius 2 is 1.64 bits per heavy atom. The first-order chi connectivity index (χ1) is 5.22. The van der Waals surface area contributed by atoms with Crippen LogP contribution in [-0.2, 0) is 6.42 Å². The maximum absolute atomic E-state index is 3.81. The molecule has 0 aliphatic carbocycles. The van der Waals surface area contributed by atoms with E-state index in [1.165, 1.54) is 5.56 Å². The van der Waals surface area contributed by atoms with Gasteiger partial charge >= 0.3 is 0 Å². The lowest BCUT2D eigenvalue weighted by Crippen LogP contribution is -1.82. The minimum absolute atomic E-state index is 0.947. The highest BCUT2D eigenvalue weighted by Crippen LogP contribution is 2.20. The maximum Gasteiger partial charge on any atom is 0.0189 e. The SMILES string of the molecule is [CH2]CCc1cc(Br)cc(Br)c1. The number of halogens is 2. The minimum Gasteiger partial charge on any atom is -0.0530 e. The second-order valence-corrected chi connectivity index (χ2v) is 4.21. The standard InChI is InChI=1S/C9H9Br2/c1-2-3-7-4-8(10)6-9(11)5-7/h4-6H,1-3H2. The van der Waals surface area contributed by atoms with Crippen molar-refractivity contribution in [3.05, 3.63) is 39.6 Å². The van der Waals surface area contributed by atoms with Crippen LogP contribution in [0.4, 0.5) is 0 Å². The molecule has 0 unspecified atom stereocenters. The molecule has 0 amide bonds. The lowest BCUT2D eigenvalue weighted by molar-refractivity contribution is 0.996. The number of hydrogen-bond acceptors (Lipinski definition) is 0. The van der Waals surface area contributed by atoms with E-state index in [1.807, 2.05) is 6.07 Å². The first kappa shape index (κ1) is 9.27. The summed E-state index contributed by atoms with van der Waals surface area (Å²) in [5.41, 5.74) is 1.32. The largest absolute Gasteiger partial charge is 0.0530 e. The Balaban J connectivity index is 2.89. The molecular formula is C9H9Br2. The zero-order chi connectivity index (χ0) is 8.27. The van der Waals surface area contributed by atoms with Gasteiger partial charge in [0.05, 0.1) is 0 Å². The van der Waals surface area contributed by atoms with Crippen molar-refractivity contribution < 1.29 is 0 Å². The Morgan fingerprint density at radius 3 is 2.09 bits per heavy atom. The molecule has 1 rings (SSSR count). The van der Waals surface area contributed by atoms with Crippen molar-refractivity contribution in [2.75, 3.05) is 0 Å². The van der Waals surface area contributed by atoms with Gasteiger partial charge in [0.2, 0.25) is 0 Å². The molecule has 0 N–H and O–H groups in total. The molecule has 0 bridgehead atoms. The van der Waals surface area contributed by atoms with Crippen molar-refractivity contribution >= 4 is 31.9 Å². The summed E-state index contributed by atoms with van der Waals surface area (Å²) in [6.45, 7) is 3.81. The summed E-state index contributed by atoms with van der Waals surface area (Å²) < 4.78 is 2.24. The summed E-state index contributed by atoms with van der Waals surface area (Å²) in [5, 5.41) is 0. The highest BCUT2D eigenvalue weighted by molar-refractivity contribution is 9.11. The number of benzene rings is 1. The van der Waals surface area contributed by atoms with Gasteiger partial charge in [0.1, 0.15) is 0 Å². The Labute approximate surface area is 84.3 Å². The first-order valence-corrected chi connectivity index (χ1v) is 5.05. The van der Waals surface area contributed by atoms with E-state index < -0.39 is 0 Å². The Kier molecular flexibility index (Phi) is 3.60. The van der Waals surface area contributed by atoms with Crippen LogP contribution >= 0.6 is 31.9 Å². The molecule has 0 saturated heterocycles. The van der Waals surface area contributed by atoms with Crippen molar-refractivity contribution in [3.8, 4) is 0 Å². The third kappa shape index (κ3) is 2.96. The van der Waals surface area contributed by atoms with Gasteiger partial charge in [-0.1, -0.05) is 38.8 Å². The average Bonchev–Trinajstić information content (AvgIpc) is 1.85. The fourth-order valence-electron chi connectivity index (χ4n) is 0.959. The highest BCUT2D eigenvalue weighted by Gasteiger charge is 1.95. The third-order valence-electron chi connectivity index (χ3n) is 1.39. The molecule has 1 aromatic carbocycles. The van der Waals surface area contributed by atoms with Crippen LogP contribution in [0.3, 0.4) is 0 Å². The molecule has 0 saturated carbocycles. The minimum atomic E-state index is 0.947. The first-order valence-electron chi connectivity index (χ1n) is 3.46. The molecule has 0 heterocycles. The van der Waals surface area contributed by atoms with Gasteiger partial charge in [-0.2, -0.15) is 0 Å². The van der Waals surface area contributed by atoms with Crippen LogP contribution in [0.15, 0.2) is 27.1 Å². The van der Waals surface area contributed by atoms with Crippen LogP contribution in [0.5, 0.6) is 0 Å². The molecule has 0 atom stereocenters. The van der Waals surface area contributed by atoms with Crippen LogP contribution in [-0.4, -0.2) is 0 Å². The van der Waals surface area contributed by atoms with Gasteiger partial charge in [-0.05, 0) is 36.6 Å². The molecule has 2 heteroatoms. The topological polar surface area (TPSA) is 0 Å². The monoisotopic (exact) mass is 275 g/mol. The molecule has 0 aromatic heterocycles. The van der Waals surface area contributed by atoms with Gasteiger partial charge in [0, 0.05) is 8.95 Å². The van der Waals surface area contributed by atoms with Crippen molar-refractivity contribution in [3.63, 3.8) is 0 Å². The zero-order valence-corrected chi connectivity index (χ0v) is 9.28. The molecule has 11 heavy (non-hydrogen) atoms. The van der Waals surface area contributed by atoms with E-state index in [4.69, 9.17) is 0 Å². The molecule has 0 aliphatic heterocycles. The summed E-state index contributed by atoms with van der Waals surface area (Å²) >= 11 is 6.87. The van der Waals surface area contributed by atoms with Crippen LogP contribution < -0.4 is 0 Å². The lowest BCUT2D eigenvalue weighted by Gasteiger charge is -2.00. The maximum atomic E-state index is 3.81. The summed E-state index contributed by atoms with van der Waals surface area (Å²) in [6.07, 6.45) is 1.99. The molecule has 0 aliphatic rings. The summed E-state index contributed by atoms with van der Waals surface area (Å²) in [4.78, 5) is 0. The second kappa shape index (κ2) is 4.27. The highest BCUT2D eigenvalue weighted by atomic mass is 79.9. The zero-order valence-electron chi connectivity index (χ0n) is 6.11. The molecule has 0 fully saturated rings. The molecule has 0 spiro atoms. The van der Waals surface area contributed by atoms with E-state index in [0.29, 0.717) is 0 Å². The predicted molar refractivity (Wildman–Crippen MR) is 55.5 cm³/mol. The van der Waals surface area contributed by atoms with E-state index in [2.05, 4.69) is 50.9 Å². The van der Waals surface area contributed by atoms with Crippen molar-refractivity contribution in [1.82, 2.24) is 0 Å². The van der Waals surface area contributed by atoms with Crippen LogP contribution in [0.2, 0.25) is 0 Å². The van der Waals surface area contributed by atoms with Gasteiger partial charge in [-0.3, -0.25) is 0 Å². The Hall–Kier alpha value is 0.180. The fraction of sp³-hybridized carbons (Fsp3) is 0.222.